The molecule has 3 radical (unpaired) electrons. The van der Waals surface area contributed by atoms with Crippen LogP contribution < -0.4 is 4.74 Å². The van der Waals surface area contributed by atoms with Crippen LogP contribution in [0.15, 0.2) is 18.2 Å². The second kappa shape index (κ2) is 5.34. The first kappa shape index (κ1) is 13.0. The summed E-state index contributed by atoms with van der Waals surface area (Å²) in [7, 11) is 3.50. The molecule has 1 nitrogen and oxygen atoms in total. The van der Waals surface area contributed by atoms with Gasteiger partial charge in [-0.1, -0.05) is 12.1 Å². The molecule has 0 heterocycles. The van der Waals surface area contributed by atoms with Gasteiger partial charge >= 0.3 is 0 Å². The van der Waals surface area contributed by atoms with Crippen molar-refractivity contribution in [3.8, 4) is 5.75 Å². The fraction of sp³-hybridized carbons (Fsp3) is 0.500. The molecule has 0 aromatic heterocycles. The SMILES string of the molecule is CC(C)(C)Oc1ccc(CC[Si])c(I)c1. The fourth-order valence-electron chi connectivity index (χ4n) is 1.28. The highest BCUT2D eigenvalue weighted by molar-refractivity contribution is 14.1. The van der Waals surface area contributed by atoms with Gasteiger partial charge in [0.25, 0.3) is 0 Å². The maximum absolute atomic E-state index is 5.80. The summed E-state index contributed by atoms with van der Waals surface area (Å²) in [6.07, 6.45) is 1.06. The van der Waals surface area contributed by atoms with E-state index in [0.29, 0.717) is 0 Å². The van der Waals surface area contributed by atoms with E-state index in [0.717, 1.165) is 18.2 Å². The molecule has 0 aliphatic carbocycles. The molecular weight excluding hydrogens is 315 g/mol. The lowest BCUT2D eigenvalue weighted by molar-refractivity contribution is 0.131. The molecule has 0 amide bonds. The van der Waals surface area contributed by atoms with Crippen molar-refractivity contribution in [1.29, 1.82) is 0 Å². The van der Waals surface area contributed by atoms with Crippen LogP contribution in [0.25, 0.3) is 0 Å². The summed E-state index contributed by atoms with van der Waals surface area (Å²) >= 11 is 2.36. The van der Waals surface area contributed by atoms with Crippen LogP contribution in [0, 0.1) is 3.57 Å². The molecule has 1 rings (SSSR count). The lowest BCUT2D eigenvalue weighted by atomic mass is 10.1. The van der Waals surface area contributed by atoms with E-state index < -0.39 is 0 Å². The van der Waals surface area contributed by atoms with Crippen molar-refractivity contribution < 1.29 is 4.74 Å². The topological polar surface area (TPSA) is 9.23 Å². The molecule has 0 atom stereocenters. The van der Waals surface area contributed by atoms with Gasteiger partial charge in [0, 0.05) is 13.8 Å². The number of benzene rings is 1. The van der Waals surface area contributed by atoms with Crippen LogP contribution in [0.3, 0.4) is 0 Å². The highest BCUT2D eigenvalue weighted by Crippen LogP contribution is 2.23. The first-order valence-electron chi connectivity index (χ1n) is 5.04. The third-order valence-electron chi connectivity index (χ3n) is 1.84. The minimum Gasteiger partial charge on any atom is -0.488 e. The first-order valence-corrected chi connectivity index (χ1v) is 6.83. The van der Waals surface area contributed by atoms with Crippen molar-refractivity contribution in [2.45, 2.75) is 38.8 Å². The van der Waals surface area contributed by atoms with Gasteiger partial charge in [0.15, 0.2) is 0 Å². The molecule has 81 valence electrons. The zero-order chi connectivity index (χ0) is 11.5. The predicted octanol–water partition coefficient (Wildman–Crippen LogP) is 3.60. The summed E-state index contributed by atoms with van der Waals surface area (Å²) in [5.41, 5.74) is 1.24. The quantitative estimate of drug-likeness (QED) is 0.607. The van der Waals surface area contributed by atoms with E-state index in [-0.39, 0.29) is 5.60 Å². The summed E-state index contributed by atoms with van der Waals surface area (Å²) in [5, 5.41) is 0. The minimum absolute atomic E-state index is 0.125. The fourth-order valence-corrected chi connectivity index (χ4v) is 2.31. The smallest absolute Gasteiger partial charge is 0.121 e. The number of rotatable bonds is 3. The molecule has 1 aromatic carbocycles. The Balaban J connectivity index is 2.82. The Morgan fingerprint density at radius 1 is 1.33 bits per heavy atom. The number of aryl methyl sites for hydroxylation is 1. The summed E-state index contributed by atoms with van der Waals surface area (Å²) in [6.45, 7) is 6.18. The number of ether oxygens (including phenoxy) is 1. The molecule has 0 aliphatic heterocycles. The molecule has 0 saturated heterocycles. The van der Waals surface area contributed by atoms with Crippen molar-refractivity contribution in [3.05, 3.63) is 27.3 Å². The van der Waals surface area contributed by atoms with E-state index >= 15 is 0 Å². The molecular formula is C12H16IOSi. The second-order valence-corrected chi connectivity index (χ2v) is 6.13. The van der Waals surface area contributed by atoms with Gasteiger partial charge in [0.05, 0.1) is 0 Å². The van der Waals surface area contributed by atoms with Crippen molar-refractivity contribution in [3.63, 3.8) is 0 Å². The lowest BCUT2D eigenvalue weighted by Crippen LogP contribution is -2.23. The normalized spacial score (nSPS) is 11.5. The van der Waals surface area contributed by atoms with E-state index in [1.807, 2.05) is 6.07 Å². The number of hydrogen-bond acceptors (Lipinski definition) is 1. The zero-order valence-corrected chi connectivity index (χ0v) is 12.6. The van der Waals surface area contributed by atoms with E-state index in [2.05, 4.69) is 65.7 Å². The molecule has 0 unspecified atom stereocenters. The summed E-state index contributed by atoms with van der Waals surface area (Å²) in [4.78, 5) is 0. The summed E-state index contributed by atoms with van der Waals surface area (Å²) in [5.74, 6) is 0.949. The largest absolute Gasteiger partial charge is 0.488 e. The van der Waals surface area contributed by atoms with Crippen LogP contribution in [0.4, 0.5) is 0 Å². The van der Waals surface area contributed by atoms with Crippen molar-refractivity contribution in [2.24, 2.45) is 0 Å². The third-order valence-corrected chi connectivity index (χ3v) is 3.10. The standard InChI is InChI=1S/C12H16IOSi/c1-12(2,3)14-10-5-4-9(6-7-15)11(13)8-10/h4-5,8H,6-7H2,1-3H3. The van der Waals surface area contributed by atoms with Gasteiger partial charge in [-0.25, -0.2) is 0 Å². The first-order chi connectivity index (χ1) is 6.92. The third kappa shape index (κ3) is 4.55. The molecule has 0 saturated carbocycles. The average molecular weight is 331 g/mol. The molecule has 1 aromatic rings. The molecule has 0 fully saturated rings. The van der Waals surface area contributed by atoms with E-state index in [9.17, 15) is 0 Å². The molecule has 3 heteroatoms. The Hall–Kier alpha value is -0.0331. The van der Waals surface area contributed by atoms with Crippen molar-refractivity contribution >= 4 is 32.8 Å². The Kier molecular flexibility index (Phi) is 4.64. The Morgan fingerprint density at radius 3 is 2.47 bits per heavy atom. The molecule has 0 N–H and O–H groups in total. The van der Waals surface area contributed by atoms with Gasteiger partial charge in [-0.15, -0.1) is 0 Å². The van der Waals surface area contributed by atoms with Crippen LogP contribution in [0.5, 0.6) is 5.75 Å². The Morgan fingerprint density at radius 2 is 2.00 bits per heavy atom. The molecule has 15 heavy (non-hydrogen) atoms. The van der Waals surface area contributed by atoms with Gasteiger partial charge < -0.3 is 4.74 Å². The Labute approximate surface area is 109 Å². The zero-order valence-electron chi connectivity index (χ0n) is 9.43. The van der Waals surface area contributed by atoms with Gasteiger partial charge in [-0.3, -0.25) is 0 Å². The van der Waals surface area contributed by atoms with Gasteiger partial charge in [-0.05, 0) is 67.5 Å². The predicted molar refractivity (Wildman–Crippen MR) is 73.8 cm³/mol. The van der Waals surface area contributed by atoms with Gasteiger partial charge in [-0.2, -0.15) is 0 Å². The Bertz CT molecular complexity index is 331. The minimum atomic E-state index is -0.125. The maximum Gasteiger partial charge on any atom is 0.121 e. The van der Waals surface area contributed by atoms with E-state index in [4.69, 9.17) is 4.74 Å². The molecule has 0 spiro atoms. The molecule has 0 bridgehead atoms. The summed E-state index contributed by atoms with van der Waals surface area (Å²) < 4.78 is 7.07. The second-order valence-electron chi connectivity index (χ2n) is 4.47. The van der Waals surface area contributed by atoms with E-state index in [1.165, 1.54) is 9.13 Å². The average Bonchev–Trinajstić information content (AvgIpc) is 2.07. The monoisotopic (exact) mass is 331 g/mol. The maximum atomic E-state index is 5.80. The highest BCUT2D eigenvalue weighted by Gasteiger charge is 2.12. The number of hydrogen-bond donors (Lipinski definition) is 0. The van der Waals surface area contributed by atoms with Gasteiger partial charge in [0.2, 0.25) is 0 Å². The summed E-state index contributed by atoms with van der Waals surface area (Å²) in [6, 6.07) is 7.28. The van der Waals surface area contributed by atoms with Crippen LogP contribution >= 0.6 is 22.6 Å². The highest BCUT2D eigenvalue weighted by atomic mass is 127. The van der Waals surface area contributed by atoms with Crippen LogP contribution in [0.2, 0.25) is 6.04 Å². The van der Waals surface area contributed by atoms with Crippen LogP contribution in [-0.2, 0) is 6.42 Å². The van der Waals surface area contributed by atoms with Gasteiger partial charge in [0.1, 0.15) is 11.4 Å². The van der Waals surface area contributed by atoms with Crippen LogP contribution in [-0.4, -0.2) is 15.8 Å². The molecule has 0 aliphatic rings. The van der Waals surface area contributed by atoms with Crippen LogP contribution in [0.1, 0.15) is 26.3 Å². The van der Waals surface area contributed by atoms with E-state index in [1.54, 1.807) is 0 Å². The lowest BCUT2D eigenvalue weighted by Gasteiger charge is -2.21. The van der Waals surface area contributed by atoms with Crippen molar-refractivity contribution in [2.75, 3.05) is 0 Å². The number of halogens is 1. The van der Waals surface area contributed by atoms with Crippen molar-refractivity contribution in [1.82, 2.24) is 0 Å².